The van der Waals surface area contributed by atoms with Crippen LogP contribution in [0.25, 0.3) is 5.57 Å². The molecule has 4 heteroatoms. The Morgan fingerprint density at radius 3 is 2.36 bits per heavy atom. The molecule has 2 nitrogen and oxygen atoms in total. The van der Waals surface area contributed by atoms with E-state index < -0.39 is 5.97 Å². The maximum absolute atomic E-state index is 10.6. The minimum atomic E-state index is -1.01. The molecular weight excluding hydrogens is 303 g/mol. The third kappa shape index (κ3) is 5.40. The van der Waals surface area contributed by atoms with Gasteiger partial charge in [-0.2, -0.15) is 11.3 Å². The molecular formula is C18H19NaO2S. The predicted molar refractivity (Wildman–Crippen MR) is 86.2 cm³/mol. The van der Waals surface area contributed by atoms with Crippen LogP contribution in [0.4, 0.5) is 0 Å². The van der Waals surface area contributed by atoms with E-state index >= 15 is 0 Å². The summed E-state index contributed by atoms with van der Waals surface area (Å²) in [6.07, 6.45) is 2.53. The molecule has 0 spiro atoms. The Morgan fingerprint density at radius 2 is 1.86 bits per heavy atom. The van der Waals surface area contributed by atoms with E-state index in [4.69, 9.17) is 0 Å². The van der Waals surface area contributed by atoms with Crippen LogP contribution in [-0.2, 0) is 4.79 Å². The van der Waals surface area contributed by atoms with E-state index in [0.29, 0.717) is 12.3 Å². The third-order valence-corrected chi connectivity index (χ3v) is 4.10. The molecule has 2 rings (SSSR count). The first-order chi connectivity index (χ1) is 10.1. The van der Waals surface area contributed by atoms with Crippen molar-refractivity contribution in [1.82, 2.24) is 0 Å². The summed E-state index contributed by atoms with van der Waals surface area (Å²) >= 11 is 1.64. The van der Waals surface area contributed by atoms with Gasteiger partial charge in [-0.05, 0) is 57.8 Å². The Bertz CT molecular complexity index is 613. The quantitative estimate of drug-likeness (QED) is 0.740. The molecule has 1 heterocycles. The number of rotatable bonds is 6. The zero-order valence-electron chi connectivity index (χ0n) is 13.3. The van der Waals surface area contributed by atoms with E-state index in [0.717, 1.165) is 16.7 Å². The Labute approximate surface area is 158 Å². The van der Waals surface area contributed by atoms with Crippen molar-refractivity contribution in [2.75, 3.05) is 0 Å². The van der Waals surface area contributed by atoms with Crippen LogP contribution in [0.3, 0.4) is 0 Å². The van der Waals surface area contributed by atoms with Gasteiger partial charge < -0.3 is 9.90 Å². The van der Waals surface area contributed by atoms with Gasteiger partial charge >= 0.3 is 29.6 Å². The molecule has 0 radical (unpaired) electrons. The van der Waals surface area contributed by atoms with Crippen LogP contribution in [0.2, 0.25) is 0 Å². The van der Waals surface area contributed by atoms with Crippen molar-refractivity contribution in [3.63, 3.8) is 0 Å². The molecule has 0 aliphatic rings. The maximum Gasteiger partial charge on any atom is 1.00 e. The number of benzene rings is 1. The summed E-state index contributed by atoms with van der Waals surface area (Å²) < 4.78 is 0. The van der Waals surface area contributed by atoms with Gasteiger partial charge in [-0.3, -0.25) is 0 Å². The molecule has 0 saturated heterocycles. The standard InChI is InChI=1S/C18H20O2S.Na/c1-13(2)14-6-8-15(9-7-14)17(4-3-5-18(19)20)16-10-11-21-12-16;/h4,6-13H,3,5H2,1-2H3,(H,19,20);/q;+1/p-1/b17-4+;. The average molecular weight is 322 g/mol. The van der Waals surface area contributed by atoms with Crippen LogP contribution in [-0.4, -0.2) is 5.97 Å². The van der Waals surface area contributed by atoms with Gasteiger partial charge in [0.15, 0.2) is 0 Å². The van der Waals surface area contributed by atoms with E-state index in [2.05, 4.69) is 49.6 Å². The minimum Gasteiger partial charge on any atom is -0.550 e. The van der Waals surface area contributed by atoms with Gasteiger partial charge in [0.1, 0.15) is 0 Å². The molecule has 0 unspecified atom stereocenters. The fraction of sp³-hybridized carbons (Fsp3) is 0.278. The summed E-state index contributed by atoms with van der Waals surface area (Å²) in [5.41, 5.74) is 4.65. The van der Waals surface area contributed by atoms with Crippen LogP contribution in [0.1, 0.15) is 49.3 Å². The van der Waals surface area contributed by atoms with E-state index in [-0.39, 0.29) is 36.0 Å². The van der Waals surface area contributed by atoms with Crippen molar-refractivity contribution < 1.29 is 39.5 Å². The molecule has 0 saturated carbocycles. The number of carboxylic acid groups (broad SMARTS) is 1. The van der Waals surface area contributed by atoms with Crippen molar-refractivity contribution in [3.05, 3.63) is 63.9 Å². The van der Waals surface area contributed by atoms with E-state index in [1.807, 2.05) is 11.5 Å². The van der Waals surface area contributed by atoms with Crippen LogP contribution < -0.4 is 34.7 Å². The van der Waals surface area contributed by atoms with E-state index in [1.165, 1.54) is 5.56 Å². The van der Waals surface area contributed by atoms with E-state index in [1.54, 1.807) is 11.3 Å². The van der Waals surface area contributed by atoms with Gasteiger partial charge in [-0.1, -0.05) is 44.2 Å². The molecule has 2 aromatic rings. The molecule has 0 aliphatic heterocycles. The van der Waals surface area contributed by atoms with Crippen molar-refractivity contribution in [3.8, 4) is 0 Å². The molecule has 0 amide bonds. The Morgan fingerprint density at radius 1 is 1.18 bits per heavy atom. The average Bonchev–Trinajstić information content (AvgIpc) is 2.97. The summed E-state index contributed by atoms with van der Waals surface area (Å²) in [5.74, 6) is -0.503. The summed E-state index contributed by atoms with van der Waals surface area (Å²) in [5, 5.41) is 14.7. The van der Waals surface area contributed by atoms with Gasteiger partial charge in [-0.15, -0.1) is 0 Å². The van der Waals surface area contributed by atoms with Gasteiger partial charge in [0.25, 0.3) is 0 Å². The summed E-state index contributed by atoms with van der Waals surface area (Å²) in [6, 6.07) is 10.6. The molecule has 0 aliphatic carbocycles. The molecule has 1 aromatic carbocycles. The SMILES string of the molecule is CC(C)c1ccc(/C(=C\CCC(=O)[O-])c2ccsc2)cc1.[Na+]. The number of hydrogen-bond acceptors (Lipinski definition) is 3. The molecule has 110 valence electrons. The van der Waals surface area contributed by atoms with Crippen LogP contribution >= 0.6 is 11.3 Å². The monoisotopic (exact) mass is 322 g/mol. The molecule has 0 bridgehead atoms. The summed E-state index contributed by atoms with van der Waals surface area (Å²) in [7, 11) is 0. The van der Waals surface area contributed by atoms with Gasteiger partial charge in [0.2, 0.25) is 0 Å². The number of carbonyl (C=O) groups excluding carboxylic acids is 1. The van der Waals surface area contributed by atoms with Crippen LogP contribution in [0, 0.1) is 0 Å². The molecule has 0 N–H and O–H groups in total. The first-order valence-electron chi connectivity index (χ1n) is 7.11. The van der Waals surface area contributed by atoms with Crippen LogP contribution in [0.5, 0.6) is 0 Å². The van der Waals surface area contributed by atoms with Crippen LogP contribution in [0.15, 0.2) is 47.2 Å². The Hall–Kier alpha value is -0.870. The normalized spacial score (nSPS) is 11.3. The van der Waals surface area contributed by atoms with E-state index in [9.17, 15) is 9.90 Å². The first kappa shape index (κ1) is 19.2. The number of hydrogen-bond donors (Lipinski definition) is 0. The molecule has 22 heavy (non-hydrogen) atoms. The van der Waals surface area contributed by atoms with Gasteiger partial charge in [0.05, 0.1) is 0 Å². The second kappa shape index (κ2) is 9.31. The zero-order chi connectivity index (χ0) is 15.2. The Kier molecular flexibility index (Phi) is 8.12. The first-order valence-corrected chi connectivity index (χ1v) is 8.05. The van der Waals surface area contributed by atoms with Crippen molar-refractivity contribution >= 4 is 22.9 Å². The minimum absolute atomic E-state index is 0. The smallest absolute Gasteiger partial charge is 0.550 e. The second-order valence-corrected chi connectivity index (χ2v) is 6.10. The predicted octanol–water partition coefficient (Wildman–Crippen LogP) is 0.837. The van der Waals surface area contributed by atoms with Gasteiger partial charge in [0, 0.05) is 5.97 Å². The number of thiophene rings is 1. The topological polar surface area (TPSA) is 40.1 Å². The third-order valence-electron chi connectivity index (χ3n) is 3.42. The number of carbonyl (C=O) groups is 1. The van der Waals surface area contributed by atoms with Crippen molar-refractivity contribution in [2.45, 2.75) is 32.6 Å². The molecule has 0 atom stereocenters. The fourth-order valence-electron chi connectivity index (χ4n) is 2.20. The largest absolute Gasteiger partial charge is 1.00 e. The molecule has 1 aromatic heterocycles. The zero-order valence-corrected chi connectivity index (χ0v) is 16.2. The molecule has 0 fully saturated rings. The number of aliphatic carboxylic acids is 1. The fourth-order valence-corrected chi connectivity index (χ4v) is 2.86. The number of carboxylic acids is 1. The Balaban J connectivity index is 0.00000242. The summed E-state index contributed by atoms with van der Waals surface area (Å²) in [4.78, 5) is 10.6. The van der Waals surface area contributed by atoms with Crippen molar-refractivity contribution in [2.24, 2.45) is 0 Å². The van der Waals surface area contributed by atoms with Crippen molar-refractivity contribution in [1.29, 1.82) is 0 Å². The summed E-state index contributed by atoms with van der Waals surface area (Å²) in [6.45, 7) is 4.34. The number of allylic oxidation sites excluding steroid dienone is 1. The second-order valence-electron chi connectivity index (χ2n) is 5.32. The maximum atomic E-state index is 10.6. The van der Waals surface area contributed by atoms with Gasteiger partial charge in [-0.25, -0.2) is 0 Å².